The maximum atomic E-state index is 11.9. The van der Waals surface area contributed by atoms with Crippen molar-refractivity contribution in [3.05, 3.63) is 83.4 Å². The molecule has 24 heavy (non-hydrogen) atoms. The lowest BCUT2D eigenvalue weighted by molar-refractivity contribution is 0.100. The van der Waals surface area contributed by atoms with Crippen molar-refractivity contribution in [2.75, 3.05) is 0 Å². The van der Waals surface area contributed by atoms with E-state index in [-0.39, 0.29) is 0 Å². The number of benzene rings is 3. The number of hydrogen-bond acceptors (Lipinski definition) is 1. The first kappa shape index (κ1) is 14.5. The summed E-state index contributed by atoms with van der Waals surface area (Å²) in [6, 6.07) is 23.3. The van der Waals surface area contributed by atoms with Crippen LogP contribution < -0.4 is 5.73 Å². The normalized spacial score (nSPS) is 11.2. The van der Waals surface area contributed by atoms with E-state index in [0.717, 1.165) is 33.9 Å². The van der Waals surface area contributed by atoms with Gasteiger partial charge in [-0.15, -0.1) is 0 Å². The summed E-state index contributed by atoms with van der Waals surface area (Å²) >= 11 is 0. The summed E-state index contributed by atoms with van der Waals surface area (Å²) in [6.45, 7) is 2.82. The fourth-order valence-electron chi connectivity index (χ4n) is 3.42. The summed E-state index contributed by atoms with van der Waals surface area (Å²) in [4.78, 5) is 11.9. The van der Waals surface area contributed by atoms with Crippen LogP contribution in [0.2, 0.25) is 0 Å². The molecule has 0 unspecified atom stereocenters. The number of aromatic nitrogens is 1. The van der Waals surface area contributed by atoms with Crippen LogP contribution in [-0.4, -0.2) is 10.5 Å². The predicted octanol–water partition coefficient (Wildman–Crippen LogP) is 4.05. The molecule has 0 spiro atoms. The van der Waals surface area contributed by atoms with Crippen LogP contribution in [0.25, 0.3) is 21.8 Å². The van der Waals surface area contributed by atoms with Gasteiger partial charge in [-0.25, -0.2) is 0 Å². The Labute approximate surface area is 140 Å². The Morgan fingerprint density at radius 1 is 1.08 bits per heavy atom. The van der Waals surface area contributed by atoms with Crippen LogP contribution in [0.1, 0.15) is 21.5 Å². The third-order valence-electron chi connectivity index (χ3n) is 4.47. The second-order valence-electron chi connectivity index (χ2n) is 6.02. The number of rotatable bonds is 3. The van der Waals surface area contributed by atoms with Crippen LogP contribution in [0.4, 0.5) is 0 Å². The topological polar surface area (TPSA) is 48.0 Å². The Morgan fingerprint density at radius 3 is 2.62 bits per heavy atom. The van der Waals surface area contributed by atoms with Crippen LogP contribution in [0, 0.1) is 13.0 Å². The summed E-state index contributed by atoms with van der Waals surface area (Å²) < 4.78 is 2.25. The van der Waals surface area contributed by atoms with Gasteiger partial charge in [0.15, 0.2) is 0 Å². The highest BCUT2D eigenvalue weighted by Gasteiger charge is 2.17. The quantitative estimate of drug-likeness (QED) is 0.609. The summed E-state index contributed by atoms with van der Waals surface area (Å²) in [5.74, 6) is -0.408. The maximum absolute atomic E-state index is 11.9. The highest BCUT2D eigenvalue weighted by molar-refractivity contribution is 6.18. The molecule has 0 saturated heterocycles. The summed E-state index contributed by atoms with van der Waals surface area (Å²) in [5.41, 5.74) is 10.6. The summed E-state index contributed by atoms with van der Waals surface area (Å²) in [5, 5.41) is 1.84. The number of carbonyl (C=O) groups is 1. The molecule has 0 aliphatic carbocycles. The lowest BCUT2D eigenvalue weighted by Crippen LogP contribution is -2.11. The van der Waals surface area contributed by atoms with Crippen LogP contribution >= 0.6 is 0 Å². The number of hydrogen-bond donors (Lipinski definition) is 1. The first-order valence-corrected chi connectivity index (χ1v) is 7.93. The van der Waals surface area contributed by atoms with Crippen LogP contribution in [0.15, 0.2) is 60.7 Å². The molecule has 1 aromatic heterocycles. The molecule has 117 valence electrons. The largest absolute Gasteiger partial charge is 0.366 e. The molecule has 0 aliphatic heterocycles. The molecule has 1 radical (unpaired) electrons. The molecule has 4 aromatic rings. The van der Waals surface area contributed by atoms with Gasteiger partial charge in [0.1, 0.15) is 0 Å². The van der Waals surface area contributed by atoms with E-state index in [9.17, 15) is 4.79 Å². The summed E-state index contributed by atoms with van der Waals surface area (Å²) in [7, 11) is 0. The zero-order valence-corrected chi connectivity index (χ0v) is 13.4. The van der Waals surface area contributed by atoms with Gasteiger partial charge in [-0.1, -0.05) is 48.5 Å². The third-order valence-corrected chi connectivity index (χ3v) is 4.47. The van der Waals surface area contributed by atoms with E-state index in [1.807, 2.05) is 42.5 Å². The molecule has 0 fully saturated rings. The van der Waals surface area contributed by atoms with Gasteiger partial charge in [-0.3, -0.25) is 4.79 Å². The monoisotopic (exact) mass is 313 g/mol. The average molecular weight is 313 g/mol. The molecule has 0 aliphatic rings. The van der Waals surface area contributed by atoms with Crippen molar-refractivity contribution in [2.45, 2.75) is 13.5 Å². The molecule has 3 aromatic carbocycles. The standard InChI is InChI=1S/C21H17N2O/c1-14-7-5-10-16-19-17(21(22)24)11-6-12-18(19)23(20(14)16)13-15-8-3-2-4-9-15/h2-9,11-12H,13H2,1H3,(H2,22,24). The van der Waals surface area contributed by atoms with Crippen LogP contribution in [-0.2, 0) is 6.54 Å². The van der Waals surface area contributed by atoms with Crippen molar-refractivity contribution in [3.63, 3.8) is 0 Å². The van der Waals surface area contributed by atoms with Gasteiger partial charge in [0.25, 0.3) is 0 Å². The summed E-state index contributed by atoms with van der Waals surface area (Å²) in [6.07, 6.45) is 0. The lowest BCUT2D eigenvalue weighted by atomic mass is 10.0. The zero-order chi connectivity index (χ0) is 16.7. The van der Waals surface area contributed by atoms with E-state index in [0.29, 0.717) is 5.56 Å². The first-order valence-electron chi connectivity index (χ1n) is 7.93. The number of fused-ring (bicyclic) bond motifs is 3. The fraction of sp³-hybridized carbons (Fsp3) is 0.0952. The zero-order valence-electron chi connectivity index (χ0n) is 13.4. The van der Waals surface area contributed by atoms with Crippen molar-refractivity contribution in [3.8, 4) is 0 Å². The lowest BCUT2D eigenvalue weighted by Gasteiger charge is -2.09. The number of nitrogens with two attached hydrogens (primary N) is 1. The second kappa shape index (κ2) is 5.53. The number of carbonyl (C=O) groups excluding carboxylic acids is 1. The van der Waals surface area contributed by atoms with Gasteiger partial charge >= 0.3 is 0 Å². The number of primary amides is 1. The minimum atomic E-state index is -0.408. The molecule has 3 nitrogen and oxygen atoms in total. The molecule has 3 heteroatoms. The van der Waals surface area contributed by atoms with Gasteiger partial charge in [0.2, 0.25) is 5.91 Å². The Hall–Kier alpha value is -3.07. The Bertz CT molecular complexity index is 1060. The highest BCUT2D eigenvalue weighted by atomic mass is 16.1. The van der Waals surface area contributed by atoms with Crippen molar-refractivity contribution in [1.29, 1.82) is 0 Å². The van der Waals surface area contributed by atoms with E-state index in [1.165, 1.54) is 5.56 Å². The molecular weight excluding hydrogens is 296 g/mol. The smallest absolute Gasteiger partial charge is 0.249 e. The van der Waals surface area contributed by atoms with E-state index >= 15 is 0 Å². The predicted molar refractivity (Wildman–Crippen MR) is 97.1 cm³/mol. The van der Waals surface area contributed by atoms with Gasteiger partial charge in [0.05, 0.1) is 11.0 Å². The minimum Gasteiger partial charge on any atom is -0.366 e. The van der Waals surface area contributed by atoms with Gasteiger partial charge in [-0.05, 0) is 36.2 Å². The number of aryl methyl sites for hydroxylation is 1. The van der Waals surface area contributed by atoms with Gasteiger partial charge in [-0.2, -0.15) is 0 Å². The van der Waals surface area contributed by atoms with E-state index in [1.54, 1.807) is 6.07 Å². The van der Waals surface area contributed by atoms with Crippen LogP contribution in [0.5, 0.6) is 0 Å². The van der Waals surface area contributed by atoms with Gasteiger partial charge < -0.3 is 10.3 Å². The SMILES string of the molecule is Cc1cc[c]c2c3c(C(N)=O)cccc3n(Cc3ccccc3)c12. The van der Waals surface area contributed by atoms with E-state index < -0.39 is 5.91 Å². The minimum absolute atomic E-state index is 0.408. The fourth-order valence-corrected chi connectivity index (χ4v) is 3.42. The first-order chi connectivity index (χ1) is 11.7. The Balaban J connectivity index is 2.10. The molecule has 4 rings (SSSR count). The van der Waals surface area contributed by atoms with E-state index in [4.69, 9.17) is 5.73 Å². The molecule has 0 saturated carbocycles. The molecule has 1 heterocycles. The molecule has 2 N–H and O–H groups in total. The van der Waals surface area contributed by atoms with Gasteiger partial charge in [0, 0.05) is 22.9 Å². The molecule has 0 bridgehead atoms. The number of amides is 1. The van der Waals surface area contributed by atoms with Crippen molar-refractivity contribution >= 4 is 27.7 Å². The highest BCUT2D eigenvalue weighted by Crippen LogP contribution is 2.33. The maximum Gasteiger partial charge on any atom is 0.249 e. The molecule has 0 atom stereocenters. The number of nitrogens with zero attached hydrogens (tertiary/aromatic N) is 1. The second-order valence-corrected chi connectivity index (χ2v) is 6.02. The molecule has 1 amide bonds. The Morgan fingerprint density at radius 2 is 1.88 bits per heavy atom. The third kappa shape index (κ3) is 2.17. The molecular formula is C21H17N2O. The average Bonchev–Trinajstić information content (AvgIpc) is 2.91. The van der Waals surface area contributed by atoms with E-state index in [2.05, 4.69) is 29.7 Å². The van der Waals surface area contributed by atoms with Crippen molar-refractivity contribution in [2.24, 2.45) is 5.73 Å². The van der Waals surface area contributed by atoms with Crippen molar-refractivity contribution in [1.82, 2.24) is 4.57 Å². The van der Waals surface area contributed by atoms with Crippen molar-refractivity contribution < 1.29 is 4.79 Å². The van der Waals surface area contributed by atoms with Crippen LogP contribution in [0.3, 0.4) is 0 Å². The Kier molecular flexibility index (Phi) is 3.35.